The van der Waals surface area contributed by atoms with Gasteiger partial charge >= 0.3 is 5.97 Å². The number of hydrogen-bond donors (Lipinski definition) is 0. The third-order valence-corrected chi connectivity index (χ3v) is 4.57. The summed E-state index contributed by atoms with van der Waals surface area (Å²) in [5.41, 5.74) is -0.286. The van der Waals surface area contributed by atoms with Gasteiger partial charge in [-0.3, -0.25) is 4.79 Å². The fourth-order valence-corrected chi connectivity index (χ4v) is 3.18. The zero-order valence-corrected chi connectivity index (χ0v) is 14.8. The van der Waals surface area contributed by atoms with Crippen LogP contribution in [0.1, 0.15) is 66.2 Å². The Morgan fingerprint density at radius 2 is 2.14 bits per heavy atom. The summed E-state index contributed by atoms with van der Waals surface area (Å²) in [5, 5.41) is 0. The van der Waals surface area contributed by atoms with E-state index in [1.807, 2.05) is 0 Å². The average molecular weight is 312 g/mol. The summed E-state index contributed by atoms with van der Waals surface area (Å²) >= 11 is 0. The van der Waals surface area contributed by atoms with Crippen LogP contribution in [0.4, 0.5) is 0 Å². The minimum Gasteiger partial charge on any atom is -0.469 e. The van der Waals surface area contributed by atoms with Crippen molar-refractivity contribution in [3.8, 4) is 0 Å². The summed E-state index contributed by atoms with van der Waals surface area (Å²) in [6.07, 6.45) is 9.57. The highest BCUT2D eigenvalue weighted by atomic mass is 17.2. The van der Waals surface area contributed by atoms with Crippen LogP contribution in [0.25, 0.3) is 0 Å². The molecular formula is C18H32O4. The highest BCUT2D eigenvalue weighted by Gasteiger charge is 2.41. The predicted molar refractivity (Wildman–Crippen MR) is 87.2 cm³/mol. The number of carbonyl (C=O) groups excluding carboxylic acids is 1. The van der Waals surface area contributed by atoms with E-state index in [2.05, 4.69) is 39.8 Å². The van der Waals surface area contributed by atoms with E-state index in [4.69, 9.17) is 14.5 Å². The molecule has 128 valence electrons. The van der Waals surface area contributed by atoms with Crippen molar-refractivity contribution in [1.29, 1.82) is 0 Å². The quantitative estimate of drug-likeness (QED) is 0.378. The topological polar surface area (TPSA) is 44.8 Å². The molecule has 4 atom stereocenters. The van der Waals surface area contributed by atoms with Crippen molar-refractivity contribution in [2.24, 2.45) is 11.8 Å². The second-order valence-electron chi connectivity index (χ2n) is 6.53. The summed E-state index contributed by atoms with van der Waals surface area (Å²) in [6.45, 7) is 8.61. The molecule has 1 saturated heterocycles. The lowest BCUT2D eigenvalue weighted by Crippen LogP contribution is -2.45. The number of allylic oxidation sites excluding steroid dienone is 2. The van der Waals surface area contributed by atoms with Crippen LogP contribution in [0.15, 0.2) is 12.2 Å². The van der Waals surface area contributed by atoms with Gasteiger partial charge in [-0.15, -0.1) is 0 Å². The zero-order chi connectivity index (χ0) is 16.6. The van der Waals surface area contributed by atoms with E-state index in [1.54, 1.807) is 0 Å². The lowest BCUT2D eigenvalue weighted by molar-refractivity contribution is -0.419. The maximum atomic E-state index is 11.5. The molecule has 0 saturated carbocycles. The van der Waals surface area contributed by atoms with Crippen LogP contribution < -0.4 is 0 Å². The monoisotopic (exact) mass is 312 g/mol. The van der Waals surface area contributed by atoms with Crippen molar-refractivity contribution >= 4 is 5.97 Å². The third-order valence-electron chi connectivity index (χ3n) is 4.57. The second kappa shape index (κ2) is 9.31. The molecule has 0 aromatic rings. The van der Waals surface area contributed by atoms with Gasteiger partial charge in [0, 0.05) is 0 Å². The van der Waals surface area contributed by atoms with Crippen molar-refractivity contribution in [3.05, 3.63) is 12.2 Å². The van der Waals surface area contributed by atoms with Gasteiger partial charge in [-0.25, -0.2) is 9.78 Å². The molecule has 1 aliphatic rings. The summed E-state index contributed by atoms with van der Waals surface area (Å²) in [5.74, 6) is 0.585. The van der Waals surface area contributed by atoms with Crippen molar-refractivity contribution in [2.45, 2.75) is 77.9 Å². The molecule has 1 heterocycles. The first-order valence-electron chi connectivity index (χ1n) is 8.55. The molecule has 0 aromatic carbocycles. The van der Waals surface area contributed by atoms with Crippen LogP contribution in [-0.4, -0.2) is 24.8 Å². The van der Waals surface area contributed by atoms with Crippen molar-refractivity contribution in [3.63, 3.8) is 0 Å². The maximum absolute atomic E-state index is 11.5. The van der Waals surface area contributed by atoms with Gasteiger partial charge in [-0.05, 0) is 44.4 Å². The van der Waals surface area contributed by atoms with Crippen molar-refractivity contribution in [2.75, 3.05) is 7.11 Å². The van der Waals surface area contributed by atoms with Gasteiger partial charge in [0.25, 0.3) is 0 Å². The van der Waals surface area contributed by atoms with Crippen LogP contribution in [-0.2, 0) is 19.3 Å². The van der Waals surface area contributed by atoms with E-state index in [-0.39, 0.29) is 24.1 Å². The molecule has 0 N–H and O–H groups in total. The molecule has 1 fully saturated rings. The molecule has 4 nitrogen and oxygen atoms in total. The number of methoxy groups -OCH3 is 1. The van der Waals surface area contributed by atoms with E-state index >= 15 is 0 Å². The third kappa shape index (κ3) is 5.73. The lowest BCUT2D eigenvalue weighted by atomic mass is 9.79. The molecular weight excluding hydrogens is 280 g/mol. The molecule has 0 amide bonds. The van der Waals surface area contributed by atoms with E-state index < -0.39 is 0 Å². The molecule has 0 bridgehead atoms. The Bertz CT molecular complexity index is 366. The Morgan fingerprint density at radius 1 is 1.41 bits per heavy atom. The minimum absolute atomic E-state index is 0.197. The molecule has 1 rings (SSSR count). The summed E-state index contributed by atoms with van der Waals surface area (Å²) < 4.78 is 4.74. The molecule has 0 radical (unpaired) electrons. The van der Waals surface area contributed by atoms with Crippen molar-refractivity contribution in [1.82, 2.24) is 0 Å². The molecule has 1 aliphatic heterocycles. The largest absolute Gasteiger partial charge is 0.469 e. The molecule has 1 unspecified atom stereocenters. The predicted octanol–water partition coefficient (Wildman–Crippen LogP) is 4.44. The van der Waals surface area contributed by atoms with Gasteiger partial charge in [-0.2, -0.15) is 0 Å². The van der Waals surface area contributed by atoms with E-state index in [1.165, 1.54) is 7.11 Å². The van der Waals surface area contributed by atoms with E-state index in [0.29, 0.717) is 11.8 Å². The number of carbonyl (C=O) groups is 1. The Kier molecular flexibility index (Phi) is 8.12. The van der Waals surface area contributed by atoms with E-state index in [9.17, 15) is 4.79 Å². The standard InChI is InChI=1S/C18H32O4/c1-6-9-10-14(7-2)12-18(4)13-15(8-3)16(21-22-18)11-17(19)20-5/h9-10,14-16H,6-8,11-13H2,1-5H3/b10-9+/t14?,15-,16-,18+/m0/s1. The second-order valence-corrected chi connectivity index (χ2v) is 6.53. The SMILES string of the molecule is CC/C=C/C(CC)C[C@]1(C)C[C@H](CC)[C@H](CC(=O)OC)OO1. The Hall–Kier alpha value is -0.870. The minimum atomic E-state index is -0.286. The Balaban J connectivity index is 2.66. The van der Waals surface area contributed by atoms with Gasteiger partial charge in [0.15, 0.2) is 0 Å². The fraction of sp³-hybridized carbons (Fsp3) is 0.833. The first kappa shape index (κ1) is 19.2. The van der Waals surface area contributed by atoms with Crippen LogP contribution in [0, 0.1) is 11.8 Å². The first-order valence-corrected chi connectivity index (χ1v) is 8.55. The van der Waals surface area contributed by atoms with E-state index in [0.717, 1.165) is 32.1 Å². The van der Waals surface area contributed by atoms with Crippen LogP contribution in [0.5, 0.6) is 0 Å². The average Bonchev–Trinajstić information content (AvgIpc) is 2.53. The van der Waals surface area contributed by atoms with Gasteiger partial charge in [0.1, 0.15) is 11.7 Å². The van der Waals surface area contributed by atoms with Crippen LogP contribution >= 0.6 is 0 Å². The lowest BCUT2D eigenvalue weighted by Gasteiger charge is -2.42. The summed E-state index contributed by atoms with van der Waals surface area (Å²) in [7, 11) is 1.41. The van der Waals surface area contributed by atoms with Gasteiger partial charge in [0.2, 0.25) is 0 Å². The summed E-state index contributed by atoms with van der Waals surface area (Å²) in [4.78, 5) is 22.8. The number of hydrogen-bond acceptors (Lipinski definition) is 4. The fourth-order valence-electron chi connectivity index (χ4n) is 3.18. The first-order chi connectivity index (χ1) is 10.5. The van der Waals surface area contributed by atoms with Gasteiger partial charge < -0.3 is 4.74 Å². The maximum Gasteiger partial charge on any atom is 0.308 e. The Labute approximate surface area is 135 Å². The van der Waals surface area contributed by atoms with Crippen molar-refractivity contribution < 1.29 is 19.3 Å². The number of ether oxygens (including phenoxy) is 1. The van der Waals surface area contributed by atoms with Gasteiger partial charge in [0.05, 0.1) is 13.5 Å². The molecule has 4 heteroatoms. The number of rotatable bonds is 8. The highest BCUT2D eigenvalue weighted by Crippen LogP contribution is 2.39. The zero-order valence-electron chi connectivity index (χ0n) is 14.8. The molecule has 0 spiro atoms. The molecule has 0 aliphatic carbocycles. The molecule has 0 aromatic heterocycles. The van der Waals surface area contributed by atoms with Crippen LogP contribution in [0.2, 0.25) is 0 Å². The van der Waals surface area contributed by atoms with Crippen LogP contribution in [0.3, 0.4) is 0 Å². The number of esters is 1. The smallest absolute Gasteiger partial charge is 0.308 e. The summed E-state index contributed by atoms with van der Waals surface area (Å²) in [6, 6.07) is 0. The Morgan fingerprint density at radius 3 is 2.68 bits per heavy atom. The van der Waals surface area contributed by atoms with Gasteiger partial charge in [-0.1, -0.05) is 39.3 Å². The highest BCUT2D eigenvalue weighted by molar-refractivity contribution is 5.69. The normalized spacial score (nSPS) is 30.4. The molecule has 22 heavy (non-hydrogen) atoms.